The highest BCUT2D eigenvalue weighted by molar-refractivity contribution is 5.05. The molecule has 1 saturated heterocycles. The highest BCUT2D eigenvalue weighted by Gasteiger charge is 2.55. The van der Waals surface area contributed by atoms with Gasteiger partial charge in [-0.05, 0) is 56.0 Å². The normalized spacial score (nSPS) is 38.2. The Kier molecular flexibility index (Phi) is 3.91. The molecule has 3 unspecified atom stereocenters. The third-order valence-electron chi connectivity index (χ3n) is 4.46. The molecular formula is C14H27NO. The zero-order valence-corrected chi connectivity index (χ0v) is 11.1. The Morgan fingerprint density at radius 3 is 2.88 bits per heavy atom. The fourth-order valence-corrected chi connectivity index (χ4v) is 3.13. The Labute approximate surface area is 100 Å². The Balaban J connectivity index is 1.77. The van der Waals surface area contributed by atoms with Gasteiger partial charge in [0.25, 0.3) is 0 Å². The first kappa shape index (κ1) is 12.4. The maximum atomic E-state index is 5.87. The van der Waals surface area contributed by atoms with Crippen molar-refractivity contribution < 1.29 is 4.74 Å². The molecule has 2 nitrogen and oxygen atoms in total. The summed E-state index contributed by atoms with van der Waals surface area (Å²) in [6.45, 7) is 10.2. The van der Waals surface area contributed by atoms with E-state index in [0.29, 0.717) is 17.4 Å². The van der Waals surface area contributed by atoms with Crippen LogP contribution in [-0.4, -0.2) is 25.8 Å². The molecule has 2 rings (SSSR count). The van der Waals surface area contributed by atoms with Gasteiger partial charge in [0.2, 0.25) is 0 Å². The quantitative estimate of drug-likeness (QED) is 0.726. The third-order valence-corrected chi connectivity index (χ3v) is 4.46. The summed E-state index contributed by atoms with van der Waals surface area (Å²) in [7, 11) is 0. The van der Waals surface area contributed by atoms with E-state index >= 15 is 0 Å². The maximum absolute atomic E-state index is 5.87. The molecule has 0 aromatic carbocycles. The van der Waals surface area contributed by atoms with Crippen LogP contribution < -0.4 is 5.32 Å². The van der Waals surface area contributed by atoms with Crippen LogP contribution >= 0.6 is 0 Å². The van der Waals surface area contributed by atoms with Crippen molar-refractivity contribution in [1.29, 1.82) is 0 Å². The number of hydrogen-bond donors (Lipinski definition) is 1. The van der Waals surface area contributed by atoms with Gasteiger partial charge in [-0.1, -0.05) is 20.8 Å². The topological polar surface area (TPSA) is 21.3 Å². The van der Waals surface area contributed by atoms with E-state index in [0.717, 1.165) is 12.5 Å². The molecule has 0 aromatic rings. The molecule has 2 fully saturated rings. The smallest absolute Gasteiger partial charge is 0.0603 e. The van der Waals surface area contributed by atoms with Crippen LogP contribution in [0.2, 0.25) is 0 Å². The summed E-state index contributed by atoms with van der Waals surface area (Å²) in [6, 6.07) is 0. The van der Waals surface area contributed by atoms with Gasteiger partial charge < -0.3 is 10.1 Å². The lowest BCUT2D eigenvalue weighted by Gasteiger charge is -2.33. The molecule has 1 heterocycles. The monoisotopic (exact) mass is 225 g/mol. The van der Waals surface area contributed by atoms with Crippen LogP contribution in [0.25, 0.3) is 0 Å². The molecule has 1 N–H and O–H groups in total. The van der Waals surface area contributed by atoms with E-state index in [1.54, 1.807) is 0 Å². The van der Waals surface area contributed by atoms with Crippen molar-refractivity contribution in [1.82, 2.24) is 5.32 Å². The Morgan fingerprint density at radius 2 is 2.19 bits per heavy atom. The molecule has 1 saturated carbocycles. The van der Waals surface area contributed by atoms with Gasteiger partial charge in [0.15, 0.2) is 0 Å². The average molecular weight is 225 g/mol. The van der Waals surface area contributed by atoms with Crippen LogP contribution in [-0.2, 0) is 4.74 Å². The molecule has 0 radical (unpaired) electrons. The molecule has 2 aliphatic rings. The van der Waals surface area contributed by atoms with Gasteiger partial charge >= 0.3 is 0 Å². The number of rotatable bonds is 5. The lowest BCUT2D eigenvalue weighted by atomic mass is 9.86. The SMILES string of the molecule is CCCNCC1CC12CCOC(C(C)C)C2. The predicted molar refractivity (Wildman–Crippen MR) is 67.5 cm³/mol. The minimum absolute atomic E-state index is 0.518. The molecule has 1 aliphatic carbocycles. The first-order valence-electron chi connectivity index (χ1n) is 7.00. The van der Waals surface area contributed by atoms with E-state index in [2.05, 4.69) is 26.1 Å². The van der Waals surface area contributed by atoms with Crippen LogP contribution in [0.5, 0.6) is 0 Å². The first-order valence-corrected chi connectivity index (χ1v) is 7.00. The van der Waals surface area contributed by atoms with E-state index < -0.39 is 0 Å². The van der Waals surface area contributed by atoms with Crippen molar-refractivity contribution in [3.8, 4) is 0 Å². The van der Waals surface area contributed by atoms with Crippen LogP contribution in [0.15, 0.2) is 0 Å². The standard InChI is InChI=1S/C14H27NO/c1-4-6-15-10-12-8-14(12)5-7-16-13(9-14)11(2)3/h11-13,15H,4-10H2,1-3H3. The number of hydrogen-bond acceptors (Lipinski definition) is 2. The van der Waals surface area contributed by atoms with Gasteiger partial charge in [-0.2, -0.15) is 0 Å². The van der Waals surface area contributed by atoms with E-state index in [9.17, 15) is 0 Å². The molecule has 0 aromatic heterocycles. The van der Waals surface area contributed by atoms with Gasteiger partial charge in [0.1, 0.15) is 0 Å². The van der Waals surface area contributed by atoms with Gasteiger partial charge in [0, 0.05) is 6.61 Å². The van der Waals surface area contributed by atoms with Crippen LogP contribution in [0.4, 0.5) is 0 Å². The summed E-state index contributed by atoms with van der Waals surface area (Å²) < 4.78 is 5.87. The summed E-state index contributed by atoms with van der Waals surface area (Å²) in [5.41, 5.74) is 0.661. The minimum Gasteiger partial charge on any atom is -0.378 e. The fraction of sp³-hybridized carbons (Fsp3) is 1.00. The summed E-state index contributed by atoms with van der Waals surface area (Å²) >= 11 is 0. The number of nitrogens with one attached hydrogen (secondary N) is 1. The Morgan fingerprint density at radius 1 is 1.38 bits per heavy atom. The summed E-state index contributed by atoms with van der Waals surface area (Å²) in [6.07, 6.45) is 5.82. The van der Waals surface area contributed by atoms with Gasteiger partial charge in [-0.3, -0.25) is 0 Å². The lowest BCUT2D eigenvalue weighted by molar-refractivity contribution is -0.0444. The molecule has 1 aliphatic heterocycles. The Bertz CT molecular complexity index is 229. The van der Waals surface area contributed by atoms with Gasteiger partial charge in [-0.15, -0.1) is 0 Å². The molecule has 3 atom stereocenters. The first-order chi connectivity index (χ1) is 7.68. The van der Waals surface area contributed by atoms with Crippen LogP contribution in [0.1, 0.15) is 46.5 Å². The van der Waals surface area contributed by atoms with Crippen molar-refractivity contribution in [2.24, 2.45) is 17.3 Å². The summed E-state index contributed by atoms with van der Waals surface area (Å²) in [4.78, 5) is 0. The highest BCUT2D eigenvalue weighted by Crippen LogP contribution is 2.60. The Hall–Kier alpha value is -0.0800. The fourth-order valence-electron chi connectivity index (χ4n) is 3.13. The lowest BCUT2D eigenvalue weighted by Crippen LogP contribution is -2.33. The average Bonchev–Trinajstić information content (AvgIpc) is 2.91. The third kappa shape index (κ3) is 2.60. The summed E-state index contributed by atoms with van der Waals surface area (Å²) in [5, 5.41) is 3.57. The van der Waals surface area contributed by atoms with Gasteiger partial charge in [-0.25, -0.2) is 0 Å². The van der Waals surface area contributed by atoms with Crippen molar-refractivity contribution in [2.75, 3.05) is 19.7 Å². The van der Waals surface area contributed by atoms with E-state index in [4.69, 9.17) is 4.74 Å². The molecular weight excluding hydrogens is 198 g/mol. The maximum Gasteiger partial charge on any atom is 0.0603 e. The predicted octanol–water partition coefficient (Wildman–Crippen LogP) is 2.83. The molecule has 94 valence electrons. The second kappa shape index (κ2) is 5.05. The van der Waals surface area contributed by atoms with Crippen LogP contribution in [0, 0.1) is 17.3 Å². The van der Waals surface area contributed by atoms with Gasteiger partial charge in [0.05, 0.1) is 6.10 Å². The molecule has 2 heteroatoms. The zero-order chi connectivity index (χ0) is 11.6. The second-order valence-corrected chi connectivity index (χ2v) is 6.07. The van der Waals surface area contributed by atoms with Crippen molar-refractivity contribution in [3.63, 3.8) is 0 Å². The molecule has 0 amide bonds. The van der Waals surface area contributed by atoms with E-state index in [-0.39, 0.29) is 0 Å². The zero-order valence-electron chi connectivity index (χ0n) is 11.1. The molecule has 16 heavy (non-hydrogen) atoms. The molecule has 1 spiro atoms. The largest absolute Gasteiger partial charge is 0.378 e. The minimum atomic E-state index is 0.518. The second-order valence-electron chi connectivity index (χ2n) is 6.07. The van der Waals surface area contributed by atoms with E-state index in [1.165, 1.54) is 38.8 Å². The van der Waals surface area contributed by atoms with E-state index in [1.807, 2.05) is 0 Å². The highest BCUT2D eigenvalue weighted by atomic mass is 16.5. The number of ether oxygens (including phenoxy) is 1. The van der Waals surface area contributed by atoms with Crippen molar-refractivity contribution in [3.05, 3.63) is 0 Å². The van der Waals surface area contributed by atoms with Crippen LogP contribution in [0.3, 0.4) is 0 Å². The molecule has 0 bridgehead atoms. The van der Waals surface area contributed by atoms with Crippen molar-refractivity contribution >= 4 is 0 Å². The summed E-state index contributed by atoms with van der Waals surface area (Å²) in [5.74, 6) is 1.62. The van der Waals surface area contributed by atoms with Crippen molar-refractivity contribution in [2.45, 2.75) is 52.6 Å².